The average Bonchev–Trinajstić information content (AvgIpc) is 2.89. The van der Waals surface area contributed by atoms with Crippen LogP contribution in [0.2, 0.25) is 0 Å². The Morgan fingerprint density at radius 2 is 2.05 bits per heavy atom. The van der Waals surface area contributed by atoms with Gasteiger partial charge in [0.15, 0.2) is 5.03 Å². The first-order valence-electron chi connectivity index (χ1n) is 6.21. The molecule has 1 aromatic heterocycles. The van der Waals surface area contributed by atoms with Gasteiger partial charge in [0, 0.05) is 12.0 Å². The van der Waals surface area contributed by atoms with Crippen molar-refractivity contribution in [3.63, 3.8) is 0 Å². The number of benzene rings is 1. The van der Waals surface area contributed by atoms with Gasteiger partial charge in [0.2, 0.25) is 0 Å². The lowest BCUT2D eigenvalue weighted by Crippen LogP contribution is -2.14. The third-order valence-corrected chi connectivity index (χ3v) is 4.38. The number of hydrogen-bond acceptors (Lipinski definition) is 4. The molecule has 0 saturated carbocycles. The first-order chi connectivity index (χ1) is 9.35. The molecule has 0 spiro atoms. The molecular formula is C13H17N3O3S. The van der Waals surface area contributed by atoms with Crippen molar-refractivity contribution < 1.29 is 13.5 Å². The summed E-state index contributed by atoms with van der Waals surface area (Å²) < 4.78 is 26.9. The highest BCUT2D eigenvalue weighted by molar-refractivity contribution is 7.92. The van der Waals surface area contributed by atoms with Crippen LogP contribution in [0, 0.1) is 13.8 Å². The number of phenolic OH excluding ortho intramolecular Hbond substituents is 1. The number of anilines is 1. The number of H-pyrrole nitrogens is 1. The molecule has 2 rings (SSSR count). The summed E-state index contributed by atoms with van der Waals surface area (Å²) in [6, 6.07) is 3.28. The first kappa shape index (κ1) is 14.4. The highest BCUT2D eigenvalue weighted by atomic mass is 32.2. The van der Waals surface area contributed by atoms with Crippen molar-refractivity contribution in [1.82, 2.24) is 9.97 Å². The fourth-order valence-corrected chi connectivity index (χ4v) is 2.87. The number of aromatic hydroxyl groups is 1. The molecule has 0 amide bonds. The van der Waals surface area contributed by atoms with Gasteiger partial charge in [0.05, 0.1) is 11.9 Å². The number of rotatable bonds is 4. The zero-order valence-electron chi connectivity index (χ0n) is 11.6. The van der Waals surface area contributed by atoms with Gasteiger partial charge in [0.25, 0.3) is 10.0 Å². The predicted molar refractivity (Wildman–Crippen MR) is 76.4 cm³/mol. The van der Waals surface area contributed by atoms with Crippen LogP contribution >= 0.6 is 0 Å². The maximum Gasteiger partial charge on any atom is 0.278 e. The van der Waals surface area contributed by atoms with Crippen LogP contribution in [0.15, 0.2) is 23.4 Å². The Morgan fingerprint density at radius 3 is 2.65 bits per heavy atom. The lowest BCUT2D eigenvalue weighted by atomic mass is 10.1. The van der Waals surface area contributed by atoms with Crippen molar-refractivity contribution in [3.8, 4) is 5.75 Å². The summed E-state index contributed by atoms with van der Waals surface area (Å²) >= 11 is 0. The quantitative estimate of drug-likeness (QED) is 0.805. The van der Waals surface area contributed by atoms with Crippen molar-refractivity contribution in [1.29, 1.82) is 0 Å². The topological polar surface area (TPSA) is 95.1 Å². The van der Waals surface area contributed by atoms with E-state index >= 15 is 0 Å². The van der Waals surface area contributed by atoms with Crippen molar-refractivity contribution in [3.05, 3.63) is 35.3 Å². The summed E-state index contributed by atoms with van der Waals surface area (Å²) in [5.41, 5.74) is 1.53. The zero-order chi connectivity index (χ0) is 14.9. The largest absolute Gasteiger partial charge is 0.507 e. The molecule has 6 nitrogen and oxygen atoms in total. The van der Waals surface area contributed by atoms with E-state index in [1.165, 1.54) is 6.20 Å². The van der Waals surface area contributed by atoms with Crippen LogP contribution in [-0.4, -0.2) is 23.5 Å². The molecule has 0 unspecified atom stereocenters. The fourth-order valence-electron chi connectivity index (χ4n) is 1.81. The normalized spacial score (nSPS) is 11.6. The van der Waals surface area contributed by atoms with E-state index in [0.717, 1.165) is 0 Å². The van der Waals surface area contributed by atoms with E-state index in [1.807, 2.05) is 6.92 Å². The van der Waals surface area contributed by atoms with E-state index in [4.69, 9.17) is 0 Å². The maximum absolute atomic E-state index is 12.2. The SMILES string of the molecule is CCc1ncc(S(=O)(=O)Nc2ccc(C)c(O)c2C)[nH]1. The van der Waals surface area contributed by atoms with E-state index in [9.17, 15) is 13.5 Å². The Bertz CT molecular complexity index is 735. The molecule has 0 aliphatic carbocycles. The van der Waals surface area contributed by atoms with Gasteiger partial charge in [-0.1, -0.05) is 13.0 Å². The molecule has 108 valence electrons. The number of nitrogens with one attached hydrogen (secondary N) is 2. The standard InChI is InChI=1S/C13H17N3O3S/c1-4-11-14-7-12(15-11)20(18,19)16-10-6-5-8(2)13(17)9(10)3/h5-7,16-17H,4H2,1-3H3,(H,14,15). The van der Waals surface area contributed by atoms with Crippen LogP contribution in [-0.2, 0) is 16.4 Å². The molecule has 0 aliphatic heterocycles. The Labute approximate surface area is 117 Å². The van der Waals surface area contributed by atoms with Crippen LogP contribution in [0.25, 0.3) is 0 Å². The Balaban J connectivity index is 2.36. The Morgan fingerprint density at radius 1 is 1.35 bits per heavy atom. The third-order valence-electron chi connectivity index (χ3n) is 3.11. The molecule has 0 bridgehead atoms. The van der Waals surface area contributed by atoms with Crippen LogP contribution in [0.1, 0.15) is 23.9 Å². The van der Waals surface area contributed by atoms with Gasteiger partial charge in [-0.25, -0.2) is 4.98 Å². The number of phenols is 1. The number of nitrogens with zero attached hydrogens (tertiary/aromatic N) is 1. The number of aromatic amines is 1. The van der Waals surface area contributed by atoms with Crippen molar-refractivity contribution in [2.75, 3.05) is 4.72 Å². The summed E-state index contributed by atoms with van der Waals surface area (Å²) in [4.78, 5) is 6.72. The van der Waals surface area contributed by atoms with Gasteiger partial charge in [-0.15, -0.1) is 0 Å². The van der Waals surface area contributed by atoms with E-state index in [0.29, 0.717) is 29.1 Å². The molecule has 1 aromatic carbocycles. The summed E-state index contributed by atoms with van der Waals surface area (Å²) in [5.74, 6) is 0.693. The predicted octanol–water partition coefficient (Wildman–Crippen LogP) is 2.10. The molecule has 0 atom stereocenters. The minimum absolute atomic E-state index is 0.00816. The minimum Gasteiger partial charge on any atom is -0.507 e. The van der Waals surface area contributed by atoms with Gasteiger partial charge in [-0.05, 0) is 25.5 Å². The molecule has 0 aliphatic rings. The second kappa shape index (κ2) is 5.16. The number of aryl methyl sites for hydroxylation is 2. The van der Waals surface area contributed by atoms with E-state index in [2.05, 4.69) is 14.7 Å². The average molecular weight is 295 g/mol. The number of hydrogen-bond donors (Lipinski definition) is 3. The molecule has 20 heavy (non-hydrogen) atoms. The Hall–Kier alpha value is -2.02. The van der Waals surface area contributed by atoms with E-state index in [1.54, 1.807) is 26.0 Å². The fraction of sp³-hybridized carbons (Fsp3) is 0.308. The lowest BCUT2D eigenvalue weighted by molar-refractivity contribution is 0.467. The molecule has 0 fully saturated rings. The third kappa shape index (κ3) is 2.62. The monoisotopic (exact) mass is 295 g/mol. The molecule has 3 N–H and O–H groups in total. The summed E-state index contributed by atoms with van der Waals surface area (Å²) in [6.45, 7) is 5.29. The molecule has 0 saturated heterocycles. The first-order valence-corrected chi connectivity index (χ1v) is 7.69. The highest BCUT2D eigenvalue weighted by Gasteiger charge is 2.19. The number of sulfonamides is 1. The van der Waals surface area contributed by atoms with Gasteiger partial charge in [0.1, 0.15) is 11.6 Å². The maximum atomic E-state index is 12.2. The minimum atomic E-state index is -3.73. The van der Waals surface area contributed by atoms with E-state index < -0.39 is 10.0 Å². The second-order valence-corrected chi connectivity index (χ2v) is 6.21. The van der Waals surface area contributed by atoms with Crippen LogP contribution in [0.5, 0.6) is 5.75 Å². The van der Waals surface area contributed by atoms with Gasteiger partial charge >= 0.3 is 0 Å². The summed E-state index contributed by atoms with van der Waals surface area (Å²) in [6.07, 6.45) is 1.91. The van der Waals surface area contributed by atoms with Crippen molar-refractivity contribution in [2.45, 2.75) is 32.2 Å². The molecule has 7 heteroatoms. The summed E-state index contributed by atoms with van der Waals surface area (Å²) in [5, 5.41) is 9.85. The zero-order valence-corrected chi connectivity index (χ0v) is 12.4. The van der Waals surface area contributed by atoms with Crippen LogP contribution < -0.4 is 4.72 Å². The molecule has 0 radical (unpaired) electrons. The number of imidazole rings is 1. The molecule has 2 aromatic rings. The van der Waals surface area contributed by atoms with Gasteiger partial charge in [-0.2, -0.15) is 8.42 Å². The van der Waals surface area contributed by atoms with Crippen LogP contribution in [0.3, 0.4) is 0 Å². The highest BCUT2D eigenvalue weighted by Crippen LogP contribution is 2.29. The van der Waals surface area contributed by atoms with Crippen molar-refractivity contribution >= 4 is 15.7 Å². The van der Waals surface area contributed by atoms with Crippen molar-refractivity contribution in [2.24, 2.45) is 0 Å². The number of aromatic nitrogens is 2. The lowest BCUT2D eigenvalue weighted by Gasteiger charge is -2.11. The van der Waals surface area contributed by atoms with E-state index in [-0.39, 0.29) is 10.8 Å². The summed E-state index contributed by atoms with van der Waals surface area (Å²) in [7, 11) is -3.73. The van der Waals surface area contributed by atoms with Crippen LogP contribution in [0.4, 0.5) is 5.69 Å². The Kier molecular flexibility index (Phi) is 3.71. The second-order valence-electron chi connectivity index (χ2n) is 4.56. The van der Waals surface area contributed by atoms with Gasteiger partial charge in [-0.3, -0.25) is 4.72 Å². The molecule has 1 heterocycles. The smallest absolute Gasteiger partial charge is 0.278 e. The molecular weight excluding hydrogens is 278 g/mol. The van der Waals surface area contributed by atoms with Gasteiger partial charge < -0.3 is 10.1 Å².